The number of carbonyl (C=O) groups is 1. The summed E-state index contributed by atoms with van der Waals surface area (Å²) in [6.07, 6.45) is 13.4. The molecule has 0 atom stereocenters. The van der Waals surface area contributed by atoms with Gasteiger partial charge >= 0.3 is 0 Å². The van der Waals surface area contributed by atoms with Crippen LogP contribution in [0.2, 0.25) is 0 Å². The minimum atomic E-state index is -0.692. The predicted octanol–water partition coefficient (Wildman–Crippen LogP) is 5.76. The van der Waals surface area contributed by atoms with Gasteiger partial charge in [-0.3, -0.25) is 9.36 Å². The number of nitrogens with one attached hydrogen (secondary N) is 1. The number of benzene rings is 1. The first-order valence-corrected chi connectivity index (χ1v) is 17.1. The molecule has 0 bridgehead atoms. The standard InChI is InChI=1S/C34H45F2N7O2/c35-27-4-3-5-28(36)31(27)40-34-38-29-21-37-30(20-22-6-12-26(44)13-7-22)39-32(29)43(34)25-10-8-23(9-11-25)33(45)42-18-14-24(15-19-42)41-16-1-2-17-41/h3-5,21-26,44H,1-2,6-20H2,(H,38,40). The number of hydrogen-bond donors (Lipinski definition) is 2. The van der Waals surface area contributed by atoms with Gasteiger partial charge in [-0.25, -0.2) is 23.7 Å². The number of aliphatic hydroxyl groups is 1. The van der Waals surface area contributed by atoms with Gasteiger partial charge in [0, 0.05) is 37.5 Å². The Bertz CT molecular complexity index is 1460. The average Bonchev–Trinajstić information content (AvgIpc) is 3.72. The van der Waals surface area contributed by atoms with Gasteiger partial charge in [-0.1, -0.05) is 6.07 Å². The maximum atomic E-state index is 14.7. The van der Waals surface area contributed by atoms with Crippen molar-refractivity contribution in [2.45, 2.75) is 102 Å². The Balaban J connectivity index is 1.09. The number of halogens is 2. The molecule has 1 amide bonds. The zero-order chi connectivity index (χ0) is 30.9. The van der Waals surface area contributed by atoms with Gasteiger partial charge < -0.3 is 20.2 Å². The van der Waals surface area contributed by atoms with Crippen molar-refractivity contribution in [1.82, 2.24) is 29.3 Å². The molecule has 2 saturated heterocycles. The summed E-state index contributed by atoms with van der Waals surface area (Å²) in [6, 6.07) is 4.38. The molecule has 4 fully saturated rings. The monoisotopic (exact) mass is 621 g/mol. The second-order valence-corrected chi connectivity index (χ2v) is 13.7. The molecule has 242 valence electrons. The van der Waals surface area contributed by atoms with E-state index in [9.17, 15) is 18.7 Å². The van der Waals surface area contributed by atoms with Crippen molar-refractivity contribution in [3.05, 3.63) is 41.9 Å². The van der Waals surface area contributed by atoms with Gasteiger partial charge in [0.15, 0.2) is 5.65 Å². The second-order valence-electron chi connectivity index (χ2n) is 13.7. The van der Waals surface area contributed by atoms with E-state index in [1.165, 1.54) is 44.1 Å². The summed E-state index contributed by atoms with van der Waals surface area (Å²) in [6.45, 7) is 4.08. The SMILES string of the molecule is O=C(C1CCC(n2c(Nc3c(F)cccc3F)nc3cnc(CC4CCC(O)CC4)nc32)CC1)N1CCC(N2CCCC2)CC1. The third-order valence-corrected chi connectivity index (χ3v) is 10.8. The molecule has 2 N–H and O–H groups in total. The lowest BCUT2D eigenvalue weighted by Gasteiger charge is -2.39. The topological polar surface area (TPSA) is 99.4 Å². The maximum Gasteiger partial charge on any atom is 0.225 e. The summed E-state index contributed by atoms with van der Waals surface area (Å²) in [5.74, 6) is 0.346. The molecular weight excluding hydrogens is 576 g/mol. The first-order valence-electron chi connectivity index (χ1n) is 17.1. The van der Waals surface area contributed by atoms with Crippen molar-refractivity contribution >= 4 is 28.7 Å². The minimum absolute atomic E-state index is 0.00775. The van der Waals surface area contributed by atoms with Gasteiger partial charge in [0.05, 0.1) is 12.3 Å². The summed E-state index contributed by atoms with van der Waals surface area (Å²) in [5.41, 5.74) is 0.967. The zero-order valence-electron chi connectivity index (χ0n) is 26.0. The molecule has 4 aliphatic rings. The van der Waals surface area contributed by atoms with Crippen LogP contribution in [-0.4, -0.2) is 78.7 Å². The molecule has 7 rings (SSSR count). The smallest absolute Gasteiger partial charge is 0.225 e. The Labute approximate surface area is 263 Å². The summed E-state index contributed by atoms with van der Waals surface area (Å²) in [5, 5.41) is 12.9. The lowest BCUT2D eigenvalue weighted by molar-refractivity contribution is -0.138. The van der Waals surface area contributed by atoms with Crippen LogP contribution in [0.1, 0.15) is 88.9 Å². The van der Waals surface area contributed by atoms with E-state index >= 15 is 0 Å². The van der Waals surface area contributed by atoms with E-state index in [4.69, 9.17) is 9.97 Å². The summed E-state index contributed by atoms with van der Waals surface area (Å²) < 4.78 is 31.4. The first-order chi connectivity index (χ1) is 21.9. The molecule has 0 radical (unpaired) electrons. The van der Waals surface area contributed by atoms with Crippen LogP contribution in [0.15, 0.2) is 24.4 Å². The lowest BCUT2D eigenvalue weighted by Crippen LogP contribution is -2.48. The van der Waals surface area contributed by atoms with Crippen molar-refractivity contribution in [1.29, 1.82) is 0 Å². The highest BCUT2D eigenvalue weighted by Gasteiger charge is 2.35. The van der Waals surface area contributed by atoms with Gasteiger partial charge in [0.1, 0.15) is 28.7 Å². The summed E-state index contributed by atoms with van der Waals surface area (Å²) >= 11 is 0. The van der Waals surface area contributed by atoms with E-state index in [0.717, 1.165) is 83.1 Å². The van der Waals surface area contributed by atoms with Crippen LogP contribution in [0.3, 0.4) is 0 Å². The number of carbonyl (C=O) groups excluding carboxylic acids is 1. The number of aromatic nitrogens is 4. The summed E-state index contributed by atoms with van der Waals surface area (Å²) in [4.78, 5) is 32.5. The fourth-order valence-corrected chi connectivity index (χ4v) is 8.19. The second kappa shape index (κ2) is 13.3. The number of amides is 1. The van der Waals surface area contributed by atoms with Crippen molar-refractivity contribution in [2.75, 3.05) is 31.5 Å². The van der Waals surface area contributed by atoms with Crippen LogP contribution in [0.25, 0.3) is 11.2 Å². The number of hydrogen-bond acceptors (Lipinski definition) is 7. The van der Waals surface area contributed by atoms with E-state index in [-0.39, 0.29) is 29.7 Å². The zero-order valence-corrected chi connectivity index (χ0v) is 26.0. The van der Waals surface area contributed by atoms with Gasteiger partial charge in [0.25, 0.3) is 0 Å². The number of fused-ring (bicyclic) bond motifs is 1. The van der Waals surface area contributed by atoms with Crippen molar-refractivity contribution in [3.63, 3.8) is 0 Å². The highest BCUT2D eigenvalue weighted by atomic mass is 19.1. The molecule has 0 spiro atoms. The summed E-state index contributed by atoms with van der Waals surface area (Å²) in [7, 11) is 0. The van der Waals surface area contributed by atoms with Crippen LogP contribution in [0.4, 0.5) is 20.4 Å². The Morgan fingerprint density at radius 3 is 2.24 bits per heavy atom. The highest BCUT2D eigenvalue weighted by Crippen LogP contribution is 2.39. The van der Waals surface area contributed by atoms with E-state index in [2.05, 4.69) is 20.1 Å². The lowest BCUT2D eigenvalue weighted by atomic mass is 9.84. The predicted molar refractivity (Wildman–Crippen MR) is 168 cm³/mol. The molecule has 3 aromatic rings. The number of rotatable bonds is 7. The quantitative estimate of drug-likeness (QED) is 0.346. The molecule has 0 unspecified atom stereocenters. The number of likely N-dealkylation sites (tertiary alicyclic amines) is 2. The molecule has 2 saturated carbocycles. The van der Waals surface area contributed by atoms with Gasteiger partial charge in [0.2, 0.25) is 11.9 Å². The van der Waals surface area contributed by atoms with Gasteiger partial charge in [-0.05, 0) is 108 Å². The maximum absolute atomic E-state index is 14.7. The fourth-order valence-electron chi connectivity index (χ4n) is 8.19. The van der Waals surface area contributed by atoms with E-state index < -0.39 is 11.6 Å². The van der Waals surface area contributed by atoms with Crippen LogP contribution in [-0.2, 0) is 11.2 Å². The van der Waals surface area contributed by atoms with E-state index in [1.807, 2.05) is 4.57 Å². The number of anilines is 2. The molecule has 2 aliphatic heterocycles. The third kappa shape index (κ3) is 6.56. The van der Waals surface area contributed by atoms with Crippen LogP contribution < -0.4 is 5.32 Å². The molecule has 11 heteroatoms. The number of aliphatic hydroxyl groups excluding tert-OH is 1. The van der Waals surface area contributed by atoms with Crippen LogP contribution in [0, 0.1) is 23.5 Å². The highest BCUT2D eigenvalue weighted by molar-refractivity contribution is 5.79. The largest absolute Gasteiger partial charge is 0.393 e. The van der Waals surface area contributed by atoms with Crippen LogP contribution >= 0.6 is 0 Å². The molecule has 9 nitrogen and oxygen atoms in total. The molecular formula is C34H45F2N7O2. The molecule has 2 aromatic heterocycles. The Morgan fingerprint density at radius 1 is 0.867 bits per heavy atom. The van der Waals surface area contributed by atoms with Crippen molar-refractivity contribution in [3.8, 4) is 0 Å². The molecule has 4 heterocycles. The van der Waals surface area contributed by atoms with E-state index in [0.29, 0.717) is 35.5 Å². The Hall–Kier alpha value is -3.18. The average molecular weight is 622 g/mol. The number of piperidine rings is 1. The van der Waals surface area contributed by atoms with Crippen molar-refractivity contribution in [2.24, 2.45) is 11.8 Å². The number of para-hydroxylation sites is 1. The molecule has 1 aromatic carbocycles. The first kappa shape index (κ1) is 30.5. The van der Waals surface area contributed by atoms with Crippen molar-refractivity contribution < 1.29 is 18.7 Å². The van der Waals surface area contributed by atoms with Gasteiger partial charge in [-0.15, -0.1) is 0 Å². The Morgan fingerprint density at radius 2 is 1.56 bits per heavy atom. The third-order valence-electron chi connectivity index (χ3n) is 10.8. The van der Waals surface area contributed by atoms with Crippen LogP contribution in [0.5, 0.6) is 0 Å². The molecule has 2 aliphatic carbocycles. The number of nitrogens with zero attached hydrogens (tertiary/aromatic N) is 6. The fraction of sp³-hybridized carbons (Fsp3) is 0.647. The molecule has 45 heavy (non-hydrogen) atoms. The Kier molecular flexibility index (Phi) is 8.99. The van der Waals surface area contributed by atoms with Gasteiger partial charge in [-0.2, -0.15) is 0 Å². The minimum Gasteiger partial charge on any atom is -0.393 e. The normalized spacial score (nSPS) is 26.9. The number of imidazole rings is 1. The van der Waals surface area contributed by atoms with E-state index in [1.54, 1.807) is 6.20 Å².